The Morgan fingerprint density at radius 2 is 0.695 bits per heavy atom. The maximum Gasteiger partial charge on any atom is 0.0732 e. The minimum absolute atomic E-state index is 0.509. The first kappa shape index (κ1) is 31.5. The van der Waals surface area contributed by atoms with Crippen LogP contribution in [0.4, 0.5) is 0 Å². The molecule has 0 heteroatoms. The molecule has 14 rings (SSSR count). The summed E-state index contributed by atoms with van der Waals surface area (Å²) in [6.07, 6.45) is 0. The molecule has 0 atom stereocenters. The standard InChI is InChI=1S/C59H34/c1-2-18-39-38(17-1)46-28-14-27-45-37(31-32-49(39)55(45)46)35-15-13-16-36(33-35)51-34-54-56(47-24-6-4-21-42(47)51)57-48-25-7-3-19-40(48)41-20-5-8-26-50(41)58(57)59(54)52-29-11-9-22-43(52)44-23-10-12-30-53(44)59/h1-34H. The number of hydrogen-bond donors (Lipinski definition) is 0. The van der Waals surface area contributed by atoms with E-state index in [9.17, 15) is 0 Å². The van der Waals surface area contributed by atoms with E-state index in [-0.39, 0.29) is 0 Å². The van der Waals surface area contributed by atoms with Crippen molar-refractivity contribution in [2.75, 3.05) is 0 Å². The first-order valence-electron chi connectivity index (χ1n) is 20.8. The highest BCUT2D eigenvalue weighted by molar-refractivity contribution is 6.24. The summed E-state index contributed by atoms with van der Waals surface area (Å²) in [6.45, 7) is 0. The molecule has 1 spiro atoms. The van der Waals surface area contributed by atoms with Gasteiger partial charge in [0.05, 0.1) is 5.41 Å². The van der Waals surface area contributed by atoms with Crippen LogP contribution in [-0.4, -0.2) is 0 Å². The van der Waals surface area contributed by atoms with Gasteiger partial charge in [-0.2, -0.15) is 0 Å². The van der Waals surface area contributed by atoms with Gasteiger partial charge in [0.25, 0.3) is 0 Å². The summed E-state index contributed by atoms with van der Waals surface area (Å²) >= 11 is 0. The molecule has 0 fully saturated rings. The molecule has 11 aromatic rings. The van der Waals surface area contributed by atoms with Gasteiger partial charge < -0.3 is 0 Å². The van der Waals surface area contributed by atoms with Gasteiger partial charge in [0.2, 0.25) is 0 Å². The minimum atomic E-state index is -0.509. The molecule has 3 aliphatic carbocycles. The quantitative estimate of drug-likeness (QED) is 0.155. The Hall–Kier alpha value is -7.54. The molecule has 0 aromatic heterocycles. The molecular formula is C59H34. The molecule has 0 saturated carbocycles. The van der Waals surface area contributed by atoms with Gasteiger partial charge in [-0.3, -0.25) is 0 Å². The molecule has 0 radical (unpaired) electrons. The third kappa shape index (κ3) is 3.85. The zero-order chi connectivity index (χ0) is 38.4. The monoisotopic (exact) mass is 742 g/mol. The maximum absolute atomic E-state index is 2.59. The zero-order valence-electron chi connectivity index (χ0n) is 32.1. The summed E-state index contributed by atoms with van der Waals surface area (Å²) in [5.74, 6) is 0. The second-order valence-corrected chi connectivity index (χ2v) is 16.6. The van der Waals surface area contributed by atoms with E-state index >= 15 is 0 Å². The molecule has 0 heterocycles. The molecule has 0 saturated heterocycles. The van der Waals surface area contributed by atoms with Crippen molar-refractivity contribution in [1.82, 2.24) is 0 Å². The van der Waals surface area contributed by atoms with E-state index in [1.807, 2.05) is 0 Å². The summed E-state index contributed by atoms with van der Waals surface area (Å²) in [5, 5.41) is 10.5. The van der Waals surface area contributed by atoms with Crippen LogP contribution in [0.15, 0.2) is 206 Å². The van der Waals surface area contributed by atoms with E-state index < -0.39 is 5.41 Å². The van der Waals surface area contributed by atoms with Crippen molar-refractivity contribution in [2.45, 2.75) is 5.41 Å². The van der Waals surface area contributed by atoms with Crippen LogP contribution in [0, 0.1) is 0 Å². The molecule has 0 amide bonds. The Bertz CT molecular complexity index is 3600. The van der Waals surface area contributed by atoms with Gasteiger partial charge in [-0.15, -0.1) is 0 Å². The predicted octanol–water partition coefficient (Wildman–Crippen LogP) is 15.6. The molecular weight excluding hydrogens is 709 g/mol. The van der Waals surface area contributed by atoms with Crippen LogP contribution >= 0.6 is 0 Å². The molecule has 3 aliphatic rings. The van der Waals surface area contributed by atoms with Crippen LogP contribution < -0.4 is 0 Å². The van der Waals surface area contributed by atoms with E-state index in [0.29, 0.717) is 0 Å². The number of fused-ring (bicyclic) bond motifs is 20. The molecule has 0 aliphatic heterocycles. The van der Waals surface area contributed by atoms with Crippen molar-refractivity contribution in [2.24, 2.45) is 0 Å². The topological polar surface area (TPSA) is 0 Å². The third-order valence-electron chi connectivity index (χ3n) is 14.0. The second kappa shape index (κ2) is 11.3. The number of benzene rings is 11. The van der Waals surface area contributed by atoms with Crippen molar-refractivity contribution in [3.05, 3.63) is 229 Å². The van der Waals surface area contributed by atoms with E-state index in [1.54, 1.807) is 0 Å². The van der Waals surface area contributed by atoms with Crippen LogP contribution in [-0.2, 0) is 5.41 Å². The smallest absolute Gasteiger partial charge is 0.0619 e. The Kier molecular flexibility index (Phi) is 6.05. The van der Waals surface area contributed by atoms with E-state index in [0.717, 1.165) is 0 Å². The van der Waals surface area contributed by atoms with E-state index in [1.165, 1.54) is 132 Å². The van der Waals surface area contributed by atoms with Crippen LogP contribution in [0.3, 0.4) is 0 Å². The van der Waals surface area contributed by atoms with Crippen LogP contribution in [0.5, 0.6) is 0 Å². The number of hydrogen-bond acceptors (Lipinski definition) is 0. The first-order chi connectivity index (χ1) is 29.3. The molecule has 0 N–H and O–H groups in total. The highest BCUT2D eigenvalue weighted by Gasteiger charge is 2.53. The lowest BCUT2D eigenvalue weighted by molar-refractivity contribution is 0.803. The van der Waals surface area contributed by atoms with Gasteiger partial charge in [-0.1, -0.05) is 194 Å². The van der Waals surface area contributed by atoms with Gasteiger partial charge in [-0.25, -0.2) is 0 Å². The lowest BCUT2D eigenvalue weighted by atomic mass is 9.68. The van der Waals surface area contributed by atoms with Gasteiger partial charge >= 0.3 is 0 Å². The molecule has 270 valence electrons. The fourth-order valence-electron chi connectivity index (χ4n) is 11.8. The molecule has 0 bridgehead atoms. The summed E-state index contributed by atoms with van der Waals surface area (Å²) in [4.78, 5) is 0. The van der Waals surface area contributed by atoms with Crippen molar-refractivity contribution in [3.8, 4) is 66.8 Å². The summed E-state index contributed by atoms with van der Waals surface area (Å²) in [5.41, 5.74) is 20.7. The van der Waals surface area contributed by atoms with E-state index in [2.05, 4.69) is 206 Å². The largest absolute Gasteiger partial charge is 0.0732 e. The van der Waals surface area contributed by atoms with Crippen LogP contribution in [0.1, 0.15) is 22.3 Å². The van der Waals surface area contributed by atoms with E-state index in [4.69, 9.17) is 0 Å². The van der Waals surface area contributed by atoms with Crippen LogP contribution in [0.25, 0.3) is 110 Å². The predicted molar refractivity (Wildman–Crippen MR) is 248 cm³/mol. The third-order valence-corrected chi connectivity index (χ3v) is 14.0. The van der Waals surface area contributed by atoms with Crippen molar-refractivity contribution in [1.29, 1.82) is 0 Å². The SMILES string of the molecule is c1cc(-c2cc3c(c4ccccc24)-c2c(c4ccccc4c4ccccc24)C32c3ccccc3-c3ccccc32)cc(-c2ccc3c4c(cccc24)-c2ccccc2-3)c1. The maximum atomic E-state index is 2.59. The second-order valence-electron chi connectivity index (χ2n) is 16.6. The zero-order valence-corrected chi connectivity index (χ0v) is 32.1. The summed E-state index contributed by atoms with van der Waals surface area (Å²) < 4.78 is 0. The number of rotatable bonds is 2. The van der Waals surface area contributed by atoms with Gasteiger partial charge in [-0.05, 0) is 144 Å². The van der Waals surface area contributed by atoms with Gasteiger partial charge in [0, 0.05) is 0 Å². The summed E-state index contributed by atoms with van der Waals surface area (Å²) in [7, 11) is 0. The fourth-order valence-corrected chi connectivity index (χ4v) is 11.8. The van der Waals surface area contributed by atoms with Gasteiger partial charge in [0.15, 0.2) is 0 Å². The Labute approximate surface area is 342 Å². The first-order valence-corrected chi connectivity index (χ1v) is 20.8. The highest BCUT2D eigenvalue weighted by Crippen LogP contribution is 2.67. The molecule has 59 heavy (non-hydrogen) atoms. The minimum Gasteiger partial charge on any atom is -0.0619 e. The lowest BCUT2D eigenvalue weighted by Gasteiger charge is -2.32. The van der Waals surface area contributed by atoms with Crippen LogP contribution in [0.2, 0.25) is 0 Å². The highest BCUT2D eigenvalue weighted by atomic mass is 14.5. The molecule has 0 nitrogen and oxygen atoms in total. The van der Waals surface area contributed by atoms with Crippen molar-refractivity contribution in [3.63, 3.8) is 0 Å². The Balaban J connectivity index is 1.10. The summed E-state index contributed by atoms with van der Waals surface area (Å²) in [6, 6.07) is 78.1. The lowest BCUT2D eigenvalue weighted by Crippen LogP contribution is -2.26. The Morgan fingerprint density at radius 3 is 1.39 bits per heavy atom. The average Bonchev–Trinajstić information content (AvgIpc) is 3.92. The molecule has 0 unspecified atom stereocenters. The van der Waals surface area contributed by atoms with Crippen molar-refractivity contribution < 1.29 is 0 Å². The molecule has 11 aromatic carbocycles. The fraction of sp³-hybridized carbons (Fsp3) is 0.0169. The normalized spacial score (nSPS) is 13.6. The van der Waals surface area contributed by atoms with Gasteiger partial charge in [0.1, 0.15) is 0 Å². The Morgan fingerprint density at radius 1 is 0.237 bits per heavy atom. The van der Waals surface area contributed by atoms with Crippen molar-refractivity contribution >= 4 is 43.1 Å². The average molecular weight is 743 g/mol.